The summed E-state index contributed by atoms with van der Waals surface area (Å²) in [5, 5.41) is 8.58. The third-order valence-electron chi connectivity index (χ3n) is 3.83. The molecule has 0 aliphatic carbocycles. The van der Waals surface area contributed by atoms with Crippen molar-refractivity contribution in [2.24, 2.45) is 0 Å². The van der Waals surface area contributed by atoms with Crippen molar-refractivity contribution in [3.05, 3.63) is 47.4 Å². The van der Waals surface area contributed by atoms with Crippen LogP contribution in [-0.2, 0) is 4.74 Å². The van der Waals surface area contributed by atoms with E-state index in [1.54, 1.807) is 12.5 Å². The molecular formula is C15H14ClN5O. The van der Waals surface area contributed by atoms with Gasteiger partial charge < -0.3 is 9.64 Å². The zero-order valence-corrected chi connectivity index (χ0v) is 12.5. The third kappa shape index (κ3) is 2.40. The summed E-state index contributed by atoms with van der Waals surface area (Å²) >= 11 is 5.95. The zero-order chi connectivity index (χ0) is 14.9. The van der Waals surface area contributed by atoms with E-state index in [0.29, 0.717) is 6.61 Å². The third-order valence-corrected chi connectivity index (χ3v) is 4.09. The number of benzene rings is 1. The number of halogens is 1. The van der Waals surface area contributed by atoms with Gasteiger partial charge in [-0.3, -0.25) is 5.10 Å². The maximum Gasteiger partial charge on any atom is 0.160 e. The minimum atomic E-state index is 0.00272. The lowest BCUT2D eigenvalue weighted by atomic mass is 10.1. The molecule has 0 saturated carbocycles. The second-order valence-corrected chi connectivity index (χ2v) is 5.62. The van der Waals surface area contributed by atoms with Gasteiger partial charge in [0.25, 0.3) is 0 Å². The summed E-state index contributed by atoms with van der Waals surface area (Å²) in [4.78, 5) is 10.8. The Morgan fingerprint density at radius 2 is 2.09 bits per heavy atom. The van der Waals surface area contributed by atoms with Crippen LogP contribution >= 0.6 is 11.6 Å². The Balaban J connectivity index is 1.63. The van der Waals surface area contributed by atoms with Crippen LogP contribution in [0.1, 0.15) is 11.7 Å². The number of nitrogens with one attached hydrogen (secondary N) is 1. The molecule has 22 heavy (non-hydrogen) atoms. The van der Waals surface area contributed by atoms with Gasteiger partial charge in [-0.15, -0.1) is 0 Å². The van der Waals surface area contributed by atoms with Crippen molar-refractivity contribution in [1.82, 2.24) is 20.2 Å². The Hall–Kier alpha value is -2.18. The van der Waals surface area contributed by atoms with Crippen molar-refractivity contribution in [3.63, 3.8) is 0 Å². The van der Waals surface area contributed by atoms with Gasteiger partial charge in [-0.25, -0.2) is 9.97 Å². The smallest absolute Gasteiger partial charge is 0.160 e. The molecule has 6 nitrogen and oxygen atoms in total. The van der Waals surface area contributed by atoms with Gasteiger partial charge in [0.05, 0.1) is 18.2 Å². The van der Waals surface area contributed by atoms with E-state index in [0.717, 1.165) is 40.5 Å². The van der Waals surface area contributed by atoms with Crippen molar-refractivity contribution >= 4 is 28.5 Å². The summed E-state index contributed by atoms with van der Waals surface area (Å²) in [6.45, 7) is 2.18. The Morgan fingerprint density at radius 3 is 2.95 bits per heavy atom. The number of fused-ring (bicyclic) bond motifs is 1. The van der Waals surface area contributed by atoms with Crippen molar-refractivity contribution in [2.45, 2.75) is 6.10 Å². The highest BCUT2D eigenvalue weighted by atomic mass is 35.5. The normalized spacial score (nSPS) is 18.8. The average Bonchev–Trinajstić information content (AvgIpc) is 3.04. The molecule has 1 aliphatic heterocycles. The number of H-pyrrole nitrogens is 1. The summed E-state index contributed by atoms with van der Waals surface area (Å²) in [7, 11) is 0. The lowest BCUT2D eigenvalue weighted by Gasteiger charge is -2.34. The topological polar surface area (TPSA) is 66.9 Å². The summed E-state index contributed by atoms with van der Waals surface area (Å²) in [6, 6.07) is 7.78. The number of morpholine rings is 1. The van der Waals surface area contributed by atoms with Gasteiger partial charge in [0.2, 0.25) is 0 Å². The van der Waals surface area contributed by atoms with Crippen LogP contribution in [0.15, 0.2) is 36.8 Å². The highest BCUT2D eigenvalue weighted by Gasteiger charge is 2.24. The number of nitrogens with zero attached hydrogens (tertiary/aromatic N) is 4. The van der Waals surface area contributed by atoms with Gasteiger partial charge in [-0.2, -0.15) is 5.10 Å². The first-order valence-electron chi connectivity index (χ1n) is 7.07. The van der Waals surface area contributed by atoms with Crippen LogP contribution in [0.4, 0.5) is 5.82 Å². The van der Waals surface area contributed by atoms with Gasteiger partial charge in [-0.05, 0) is 17.7 Å². The minimum absolute atomic E-state index is 0.00272. The van der Waals surface area contributed by atoms with Crippen molar-refractivity contribution in [2.75, 3.05) is 24.6 Å². The highest BCUT2D eigenvalue weighted by Crippen LogP contribution is 2.28. The molecule has 3 aromatic rings. The summed E-state index contributed by atoms with van der Waals surface area (Å²) in [6.07, 6.45) is 3.32. The molecule has 0 bridgehead atoms. The Bertz CT molecular complexity index is 788. The molecule has 1 aromatic carbocycles. The van der Waals surface area contributed by atoms with E-state index in [1.165, 1.54) is 0 Å². The molecule has 0 spiro atoms. The SMILES string of the molecule is Clc1ccc(C2CN(c3ncnc4[nH]ncc34)CCO2)cc1. The van der Waals surface area contributed by atoms with Gasteiger partial charge in [-0.1, -0.05) is 23.7 Å². The van der Waals surface area contributed by atoms with E-state index < -0.39 is 0 Å². The first kappa shape index (κ1) is 13.5. The second kappa shape index (κ2) is 5.55. The monoisotopic (exact) mass is 315 g/mol. The van der Waals surface area contributed by atoms with Gasteiger partial charge >= 0.3 is 0 Å². The van der Waals surface area contributed by atoms with E-state index in [9.17, 15) is 0 Å². The number of hydrogen-bond acceptors (Lipinski definition) is 5. The van der Waals surface area contributed by atoms with Crippen molar-refractivity contribution in [3.8, 4) is 0 Å². The predicted octanol–water partition coefficient (Wildman–Crippen LogP) is 2.58. The fourth-order valence-corrected chi connectivity index (χ4v) is 2.85. The molecule has 1 atom stereocenters. The van der Waals surface area contributed by atoms with Gasteiger partial charge in [0, 0.05) is 18.1 Å². The lowest BCUT2D eigenvalue weighted by Crippen LogP contribution is -2.39. The largest absolute Gasteiger partial charge is 0.370 e. The van der Waals surface area contributed by atoms with Crippen molar-refractivity contribution in [1.29, 1.82) is 0 Å². The molecular weight excluding hydrogens is 302 g/mol. The van der Waals surface area contributed by atoms with Gasteiger partial charge in [0.1, 0.15) is 18.2 Å². The van der Waals surface area contributed by atoms with Gasteiger partial charge in [0.15, 0.2) is 5.65 Å². The molecule has 4 rings (SSSR count). The lowest BCUT2D eigenvalue weighted by molar-refractivity contribution is 0.0396. The van der Waals surface area contributed by atoms with Crippen LogP contribution in [0.25, 0.3) is 11.0 Å². The van der Waals surface area contributed by atoms with Crippen LogP contribution in [-0.4, -0.2) is 39.9 Å². The molecule has 1 fully saturated rings. The standard InChI is InChI=1S/C15H14ClN5O/c16-11-3-1-10(2-4-11)13-8-21(5-6-22-13)15-12-7-19-20-14(12)17-9-18-15/h1-4,7,9,13H,5-6,8H2,(H,17,18,19,20). The first-order valence-corrected chi connectivity index (χ1v) is 7.45. The molecule has 1 N–H and O–H groups in total. The van der Waals surface area contributed by atoms with Crippen LogP contribution in [0.5, 0.6) is 0 Å². The molecule has 7 heteroatoms. The van der Waals surface area contributed by atoms with Crippen LogP contribution < -0.4 is 4.90 Å². The van der Waals surface area contributed by atoms with E-state index in [-0.39, 0.29) is 6.10 Å². The molecule has 1 aliphatic rings. The maximum atomic E-state index is 5.95. The van der Waals surface area contributed by atoms with Crippen LogP contribution in [0, 0.1) is 0 Å². The van der Waals surface area contributed by atoms with E-state index >= 15 is 0 Å². The number of aromatic nitrogens is 4. The average molecular weight is 316 g/mol. The number of hydrogen-bond donors (Lipinski definition) is 1. The molecule has 1 unspecified atom stereocenters. The minimum Gasteiger partial charge on any atom is -0.370 e. The number of ether oxygens (including phenoxy) is 1. The Morgan fingerprint density at radius 1 is 1.23 bits per heavy atom. The summed E-state index contributed by atoms with van der Waals surface area (Å²) in [5.74, 6) is 0.890. The maximum absolute atomic E-state index is 5.95. The zero-order valence-electron chi connectivity index (χ0n) is 11.7. The molecule has 2 aromatic heterocycles. The fourth-order valence-electron chi connectivity index (χ4n) is 2.72. The number of aromatic amines is 1. The summed E-state index contributed by atoms with van der Waals surface area (Å²) < 4.78 is 5.90. The summed E-state index contributed by atoms with van der Waals surface area (Å²) in [5.41, 5.74) is 1.87. The molecule has 0 amide bonds. The van der Waals surface area contributed by atoms with E-state index in [2.05, 4.69) is 25.1 Å². The molecule has 1 saturated heterocycles. The Kier molecular flexibility index (Phi) is 3.40. The quantitative estimate of drug-likeness (QED) is 0.787. The first-order chi connectivity index (χ1) is 10.8. The van der Waals surface area contributed by atoms with Crippen LogP contribution in [0.3, 0.4) is 0 Å². The second-order valence-electron chi connectivity index (χ2n) is 5.19. The van der Waals surface area contributed by atoms with Crippen LogP contribution in [0.2, 0.25) is 5.02 Å². The van der Waals surface area contributed by atoms with E-state index in [4.69, 9.17) is 16.3 Å². The molecule has 112 valence electrons. The molecule has 0 radical (unpaired) electrons. The van der Waals surface area contributed by atoms with E-state index in [1.807, 2.05) is 24.3 Å². The van der Waals surface area contributed by atoms with Crippen molar-refractivity contribution < 1.29 is 4.74 Å². The highest BCUT2D eigenvalue weighted by molar-refractivity contribution is 6.30. The predicted molar refractivity (Wildman–Crippen MR) is 84.0 cm³/mol. The number of anilines is 1. The Labute approximate surface area is 132 Å². The number of rotatable bonds is 2. The molecule has 3 heterocycles. The fraction of sp³-hybridized carbons (Fsp3) is 0.267.